The zero-order valence-corrected chi connectivity index (χ0v) is 8.03. The lowest BCUT2D eigenvalue weighted by atomic mass is 10.2. The standard InChI is InChI=1S/C8H17N3O3/c9-3-1-2-4-11-6(8(13)14)5-7(10)12/h6,11H,1-5,9H2,(H2,10,12)(H,13,14)/t6-/m0/s1. The van der Waals surface area contributed by atoms with Crippen molar-refractivity contribution in [1.82, 2.24) is 5.32 Å². The van der Waals surface area contributed by atoms with Gasteiger partial charge in [-0.25, -0.2) is 0 Å². The summed E-state index contributed by atoms with van der Waals surface area (Å²) in [6.07, 6.45) is 1.44. The zero-order chi connectivity index (χ0) is 11.0. The molecule has 0 unspecified atom stereocenters. The van der Waals surface area contributed by atoms with Crippen molar-refractivity contribution >= 4 is 11.9 Å². The number of aliphatic carboxylic acids is 1. The van der Waals surface area contributed by atoms with Crippen LogP contribution >= 0.6 is 0 Å². The predicted molar refractivity (Wildman–Crippen MR) is 51.5 cm³/mol. The first-order valence-corrected chi connectivity index (χ1v) is 4.52. The first kappa shape index (κ1) is 12.9. The molecule has 82 valence electrons. The van der Waals surface area contributed by atoms with E-state index in [-0.39, 0.29) is 6.42 Å². The van der Waals surface area contributed by atoms with E-state index >= 15 is 0 Å². The van der Waals surface area contributed by atoms with Crippen LogP contribution < -0.4 is 16.8 Å². The van der Waals surface area contributed by atoms with Gasteiger partial charge < -0.3 is 21.9 Å². The molecule has 0 aromatic rings. The van der Waals surface area contributed by atoms with Gasteiger partial charge >= 0.3 is 5.97 Å². The molecule has 1 amide bonds. The van der Waals surface area contributed by atoms with Crippen LogP contribution in [0.1, 0.15) is 19.3 Å². The number of carbonyl (C=O) groups excluding carboxylic acids is 1. The average molecular weight is 203 g/mol. The Bertz CT molecular complexity index is 196. The van der Waals surface area contributed by atoms with Gasteiger partial charge in [0.25, 0.3) is 0 Å². The van der Waals surface area contributed by atoms with E-state index in [1.807, 2.05) is 0 Å². The second-order valence-corrected chi connectivity index (χ2v) is 3.01. The Balaban J connectivity index is 3.74. The van der Waals surface area contributed by atoms with Gasteiger partial charge in [0.2, 0.25) is 5.91 Å². The van der Waals surface area contributed by atoms with E-state index in [9.17, 15) is 9.59 Å². The number of carboxylic acid groups (broad SMARTS) is 1. The molecule has 6 heteroatoms. The van der Waals surface area contributed by atoms with Crippen LogP contribution in [0.4, 0.5) is 0 Å². The molecule has 0 aliphatic rings. The molecule has 6 nitrogen and oxygen atoms in total. The van der Waals surface area contributed by atoms with Crippen molar-refractivity contribution in [3.05, 3.63) is 0 Å². The molecule has 0 fully saturated rings. The number of hydrogen-bond donors (Lipinski definition) is 4. The van der Waals surface area contributed by atoms with Crippen LogP contribution in [0.2, 0.25) is 0 Å². The summed E-state index contributed by atoms with van der Waals surface area (Å²) < 4.78 is 0. The van der Waals surface area contributed by atoms with E-state index in [1.54, 1.807) is 0 Å². The van der Waals surface area contributed by atoms with Crippen molar-refractivity contribution in [2.75, 3.05) is 13.1 Å². The molecule has 0 bridgehead atoms. The van der Waals surface area contributed by atoms with E-state index in [1.165, 1.54) is 0 Å². The quantitative estimate of drug-likeness (QED) is 0.363. The molecule has 0 aromatic carbocycles. The minimum absolute atomic E-state index is 0.183. The Morgan fingerprint density at radius 2 is 2.00 bits per heavy atom. The molecule has 0 spiro atoms. The molecular formula is C8H17N3O3. The minimum atomic E-state index is -1.06. The van der Waals surface area contributed by atoms with Crippen molar-refractivity contribution < 1.29 is 14.7 Å². The minimum Gasteiger partial charge on any atom is -0.480 e. The summed E-state index contributed by atoms with van der Waals surface area (Å²) in [4.78, 5) is 21.1. The molecule has 0 saturated carbocycles. The third kappa shape index (κ3) is 6.38. The summed E-state index contributed by atoms with van der Waals surface area (Å²) >= 11 is 0. The zero-order valence-electron chi connectivity index (χ0n) is 8.03. The van der Waals surface area contributed by atoms with Crippen molar-refractivity contribution in [1.29, 1.82) is 0 Å². The molecule has 0 saturated heterocycles. The Kier molecular flexibility index (Phi) is 6.69. The van der Waals surface area contributed by atoms with Gasteiger partial charge in [-0.3, -0.25) is 9.59 Å². The topological polar surface area (TPSA) is 118 Å². The summed E-state index contributed by atoms with van der Waals surface area (Å²) in [6, 6.07) is -0.884. The summed E-state index contributed by atoms with van der Waals surface area (Å²) in [5.41, 5.74) is 10.2. The maximum atomic E-state index is 10.6. The lowest BCUT2D eigenvalue weighted by Gasteiger charge is -2.11. The molecule has 1 atom stereocenters. The van der Waals surface area contributed by atoms with Gasteiger partial charge in [-0.15, -0.1) is 0 Å². The van der Waals surface area contributed by atoms with E-state index in [0.717, 1.165) is 12.8 Å². The van der Waals surface area contributed by atoms with Crippen LogP contribution in [0.5, 0.6) is 0 Å². The van der Waals surface area contributed by atoms with Gasteiger partial charge in [-0.2, -0.15) is 0 Å². The fourth-order valence-corrected chi connectivity index (χ4v) is 0.994. The molecular weight excluding hydrogens is 186 g/mol. The summed E-state index contributed by atoms with van der Waals surface area (Å²) in [5, 5.41) is 11.4. The predicted octanol–water partition coefficient (Wildman–Crippen LogP) is -1.36. The number of unbranched alkanes of at least 4 members (excludes halogenated alkanes) is 1. The number of nitrogens with two attached hydrogens (primary N) is 2. The number of primary amides is 1. The van der Waals surface area contributed by atoms with Gasteiger partial charge in [0, 0.05) is 0 Å². The van der Waals surface area contributed by atoms with Gasteiger partial charge in [-0.05, 0) is 25.9 Å². The molecule has 0 aromatic heterocycles. The number of carboxylic acids is 1. The SMILES string of the molecule is NCCCCN[C@@H](CC(N)=O)C(=O)O. The van der Waals surface area contributed by atoms with Crippen LogP contribution in [0.3, 0.4) is 0 Å². The Labute approximate surface area is 82.6 Å². The molecule has 0 radical (unpaired) electrons. The van der Waals surface area contributed by atoms with Crippen molar-refractivity contribution in [3.63, 3.8) is 0 Å². The molecule has 0 rings (SSSR count). The second-order valence-electron chi connectivity index (χ2n) is 3.01. The molecule has 0 aliphatic carbocycles. The Hall–Kier alpha value is -1.14. The van der Waals surface area contributed by atoms with E-state index in [4.69, 9.17) is 16.6 Å². The highest BCUT2D eigenvalue weighted by molar-refractivity contribution is 5.83. The lowest BCUT2D eigenvalue weighted by molar-refractivity contribution is -0.141. The Morgan fingerprint density at radius 3 is 2.43 bits per heavy atom. The number of carbonyl (C=O) groups is 2. The normalized spacial score (nSPS) is 12.4. The molecule has 14 heavy (non-hydrogen) atoms. The van der Waals surface area contributed by atoms with Crippen LogP contribution in [-0.4, -0.2) is 36.1 Å². The molecule has 0 heterocycles. The van der Waals surface area contributed by atoms with E-state index in [0.29, 0.717) is 13.1 Å². The highest BCUT2D eigenvalue weighted by atomic mass is 16.4. The molecule has 0 aliphatic heterocycles. The van der Waals surface area contributed by atoms with Gasteiger partial charge in [0.05, 0.1) is 6.42 Å². The average Bonchev–Trinajstić information content (AvgIpc) is 2.09. The highest BCUT2D eigenvalue weighted by Crippen LogP contribution is 1.93. The summed E-state index contributed by atoms with van der Waals surface area (Å²) in [5.74, 6) is -1.68. The van der Waals surface area contributed by atoms with Gasteiger partial charge in [-0.1, -0.05) is 0 Å². The maximum Gasteiger partial charge on any atom is 0.321 e. The number of rotatable bonds is 8. The van der Waals surface area contributed by atoms with Crippen molar-refractivity contribution in [2.24, 2.45) is 11.5 Å². The largest absolute Gasteiger partial charge is 0.480 e. The molecule has 6 N–H and O–H groups in total. The van der Waals surface area contributed by atoms with Crippen LogP contribution in [-0.2, 0) is 9.59 Å². The fourth-order valence-electron chi connectivity index (χ4n) is 0.994. The second kappa shape index (κ2) is 7.28. The first-order chi connectivity index (χ1) is 6.57. The summed E-state index contributed by atoms with van der Waals surface area (Å²) in [6.45, 7) is 1.11. The number of nitrogens with one attached hydrogen (secondary N) is 1. The monoisotopic (exact) mass is 203 g/mol. The van der Waals surface area contributed by atoms with Gasteiger partial charge in [0.1, 0.15) is 6.04 Å². The smallest absolute Gasteiger partial charge is 0.321 e. The van der Waals surface area contributed by atoms with E-state index < -0.39 is 17.9 Å². The van der Waals surface area contributed by atoms with Crippen molar-refractivity contribution in [2.45, 2.75) is 25.3 Å². The Morgan fingerprint density at radius 1 is 1.36 bits per heavy atom. The van der Waals surface area contributed by atoms with Crippen molar-refractivity contribution in [3.8, 4) is 0 Å². The van der Waals surface area contributed by atoms with Crippen LogP contribution in [0.15, 0.2) is 0 Å². The highest BCUT2D eigenvalue weighted by Gasteiger charge is 2.18. The lowest BCUT2D eigenvalue weighted by Crippen LogP contribution is -2.40. The third-order valence-corrected chi connectivity index (χ3v) is 1.73. The van der Waals surface area contributed by atoms with E-state index in [2.05, 4.69) is 5.32 Å². The first-order valence-electron chi connectivity index (χ1n) is 4.52. The van der Waals surface area contributed by atoms with Crippen LogP contribution in [0, 0.1) is 0 Å². The summed E-state index contributed by atoms with van der Waals surface area (Å²) in [7, 11) is 0. The number of hydrogen-bond acceptors (Lipinski definition) is 4. The fraction of sp³-hybridized carbons (Fsp3) is 0.750. The van der Waals surface area contributed by atoms with Crippen LogP contribution in [0.25, 0.3) is 0 Å². The van der Waals surface area contributed by atoms with Gasteiger partial charge in [0.15, 0.2) is 0 Å². The maximum absolute atomic E-state index is 10.6. The third-order valence-electron chi connectivity index (χ3n) is 1.73. The number of amides is 1.